The van der Waals surface area contributed by atoms with E-state index in [1.807, 2.05) is 6.92 Å². The lowest BCUT2D eigenvalue weighted by atomic mass is 9.91. The van der Waals surface area contributed by atoms with Crippen LogP contribution in [0, 0.1) is 11.8 Å². The fourth-order valence-corrected chi connectivity index (χ4v) is 2.94. The van der Waals surface area contributed by atoms with Gasteiger partial charge in [0.2, 0.25) is 0 Å². The van der Waals surface area contributed by atoms with E-state index in [2.05, 4.69) is 5.32 Å². The number of halogens is 2. The zero-order valence-electron chi connectivity index (χ0n) is 11.5. The molecule has 1 aliphatic rings. The minimum absolute atomic E-state index is 0.145. The zero-order valence-corrected chi connectivity index (χ0v) is 13.0. The number of aliphatic carboxylic acids is 1. The van der Waals surface area contributed by atoms with Gasteiger partial charge in [0.25, 0.3) is 0 Å². The van der Waals surface area contributed by atoms with Crippen molar-refractivity contribution >= 4 is 40.9 Å². The maximum absolute atomic E-state index is 12.2. The van der Waals surface area contributed by atoms with Crippen molar-refractivity contribution < 1.29 is 14.7 Å². The number of nitrogens with zero attached hydrogens (tertiary/aromatic N) is 1. The van der Waals surface area contributed by atoms with Crippen LogP contribution in [0.15, 0.2) is 18.2 Å². The molecule has 2 unspecified atom stereocenters. The van der Waals surface area contributed by atoms with Gasteiger partial charge in [0.05, 0.1) is 16.6 Å². The molecular weight excluding hydrogens is 315 g/mol. The summed E-state index contributed by atoms with van der Waals surface area (Å²) < 4.78 is 0. The van der Waals surface area contributed by atoms with Gasteiger partial charge in [-0.15, -0.1) is 0 Å². The fraction of sp³-hybridized carbons (Fsp3) is 0.429. The molecule has 7 heteroatoms. The highest BCUT2D eigenvalue weighted by Crippen LogP contribution is 2.27. The van der Waals surface area contributed by atoms with Gasteiger partial charge in [-0.25, -0.2) is 4.79 Å². The van der Waals surface area contributed by atoms with Crippen LogP contribution in [0.5, 0.6) is 0 Å². The average molecular weight is 331 g/mol. The standard InChI is InChI=1S/C14H16Cl2N2O3/c1-8-4-9(13(19)20)7-18(6-8)14(21)17-12-3-2-10(15)5-11(12)16/h2-3,5,8-9H,4,6-7H2,1H3,(H,17,21)(H,19,20). The predicted molar refractivity (Wildman–Crippen MR) is 82.0 cm³/mol. The van der Waals surface area contributed by atoms with E-state index in [-0.39, 0.29) is 18.5 Å². The molecule has 2 atom stereocenters. The molecule has 2 N–H and O–H groups in total. The van der Waals surface area contributed by atoms with Gasteiger partial charge in [0.15, 0.2) is 0 Å². The predicted octanol–water partition coefficient (Wildman–Crippen LogP) is 3.57. The molecule has 1 aliphatic heterocycles. The molecule has 1 fully saturated rings. The molecule has 2 amide bonds. The van der Waals surface area contributed by atoms with Crippen LogP contribution >= 0.6 is 23.2 Å². The number of rotatable bonds is 2. The molecule has 0 aromatic heterocycles. The number of urea groups is 1. The minimum Gasteiger partial charge on any atom is -0.481 e. The van der Waals surface area contributed by atoms with Crippen molar-refractivity contribution in [2.24, 2.45) is 11.8 Å². The molecule has 2 rings (SSSR count). The van der Waals surface area contributed by atoms with Crippen LogP contribution in [0.4, 0.5) is 10.5 Å². The Kier molecular flexibility index (Phi) is 4.96. The molecule has 1 aromatic carbocycles. The van der Waals surface area contributed by atoms with Crippen molar-refractivity contribution in [2.45, 2.75) is 13.3 Å². The summed E-state index contributed by atoms with van der Waals surface area (Å²) in [5.41, 5.74) is 0.455. The highest BCUT2D eigenvalue weighted by Gasteiger charge is 2.32. The maximum Gasteiger partial charge on any atom is 0.321 e. The first-order chi connectivity index (χ1) is 9.86. The number of nitrogens with one attached hydrogen (secondary N) is 1. The highest BCUT2D eigenvalue weighted by molar-refractivity contribution is 6.36. The molecule has 114 valence electrons. The number of hydrogen-bond donors (Lipinski definition) is 2. The topological polar surface area (TPSA) is 69.6 Å². The summed E-state index contributed by atoms with van der Waals surface area (Å²) in [5.74, 6) is -1.25. The average Bonchev–Trinajstić information content (AvgIpc) is 2.41. The quantitative estimate of drug-likeness (QED) is 0.870. The van der Waals surface area contributed by atoms with Crippen molar-refractivity contribution in [2.75, 3.05) is 18.4 Å². The number of carboxylic acids is 1. The van der Waals surface area contributed by atoms with Gasteiger partial charge in [0, 0.05) is 18.1 Å². The molecule has 0 radical (unpaired) electrons. The first-order valence-corrected chi connectivity index (χ1v) is 7.36. The van der Waals surface area contributed by atoms with E-state index >= 15 is 0 Å². The third-order valence-corrected chi connectivity index (χ3v) is 4.02. The van der Waals surface area contributed by atoms with Gasteiger partial charge in [0.1, 0.15) is 0 Å². The van der Waals surface area contributed by atoms with Crippen molar-refractivity contribution in [3.8, 4) is 0 Å². The van der Waals surface area contributed by atoms with Gasteiger partial charge in [-0.1, -0.05) is 30.1 Å². The second-order valence-electron chi connectivity index (χ2n) is 5.34. The molecule has 21 heavy (non-hydrogen) atoms. The largest absolute Gasteiger partial charge is 0.481 e. The number of amides is 2. The van der Waals surface area contributed by atoms with Crippen molar-refractivity contribution in [1.82, 2.24) is 4.90 Å². The zero-order chi connectivity index (χ0) is 15.6. The molecule has 0 bridgehead atoms. The van der Waals surface area contributed by atoms with Gasteiger partial charge in [-0.3, -0.25) is 4.79 Å². The van der Waals surface area contributed by atoms with Crippen LogP contribution in [0.1, 0.15) is 13.3 Å². The summed E-state index contributed by atoms with van der Waals surface area (Å²) in [6.45, 7) is 2.67. The van der Waals surface area contributed by atoms with Crippen LogP contribution in [-0.4, -0.2) is 35.1 Å². The Balaban J connectivity index is 2.07. The first kappa shape index (κ1) is 15.9. The number of likely N-dealkylation sites (tertiary alicyclic amines) is 1. The number of anilines is 1. The Labute approximate surface area is 132 Å². The van der Waals surface area contributed by atoms with E-state index in [4.69, 9.17) is 28.3 Å². The van der Waals surface area contributed by atoms with E-state index in [1.54, 1.807) is 12.1 Å². The SMILES string of the molecule is CC1CC(C(=O)O)CN(C(=O)Nc2ccc(Cl)cc2Cl)C1. The first-order valence-electron chi connectivity index (χ1n) is 6.60. The highest BCUT2D eigenvalue weighted by atomic mass is 35.5. The third-order valence-electron chi connectivity index (χ3n) is 3.47. The monoisotopic (exact) mass is 330 g/mol. The number of carbonyl (C=O) groups excluding carboxylic acids is 1. The smallest absolute Gasteiger partial charge is 0.321 e. The van der Waals surface area contributed by atoms with Crippen LogP contribution in [-0.2, 0) is 4.79 Å². The van der Waals surface area contributed by atoms with Gasteiger partial charge in [-0.05, 0) is 30.5 Å². The Morgan fingerprint density at radius 2 is 2.05 bits per heavy atom. The van der Waals surface area contributed by atoms with Crippen LogP contribution in [0.2, 0.25) is 10.0 Å². The molecule has 0 spiro atoms. The maximum atomic E-state index is 12.2. The van der Waals surface area contributed by atoms with E-state index < -0.39 is 11.9 Å². The second-order valence-corrected chi connectivity index (χ2v) is 6.18. The lowest BCUT2D eigenvalue weighted by molar-refractivity contribution is -0.143. The normalized spacial score (nSPS) is 22.0. The lowest BCUT2D eigenvalue weighted by Gasteiger charge is -2.34. The molecule has 1 saturated heterocycles. The van der Waals surface area contributed by atoms with Gasteiger partial charge in [-0.2, -0.15) is 0 Å². The Hall–Kier alpha value is -1.46. The summed E-state index contributed by atoms with van der Waals surface area (Å²) in [4.78, 5) is 24.9. The summed E-state index contributed by atoms with van der Waals surface area (Å²) in [6, 6.07) is 4.43. The third kappa shape index (κ3) is 4.02. The molecule has 0 aliphatic carbocycles. The van der Waals surface area contributed by atoms with E-state index in [9.17, 15) is 9.59 Å². The number of benzene rings is 1. The molecular formula is C14H16Cl2N2O3. The number of piperidine rings is 1. The number of carboxylic acid groups (broad SMARTS) is 1. The number of hydrogen-bond acceptors (Lipinski definition) is 2. The minimum atomic E-state index is -0.871. The summed E-state index contributed by atoms with van der Waals surface area (Å²) in [7, 11) is 0. The molecule has 5 nitrogen and oxygen atoms in total. The molecule has 1 heterocycles. The van der Waals surface area contributed by atoms with Crippen LogP contribution in [0.25, 0.3) is 0 Å². The van der Waals surface area contributed by atoms with Crippen LogP contribution in [0.3, 0.4) is 0 Å². The Morgan fingerprint density at radius 1 is 1.33 bits per heavy atom. The fourth-order valence-electron chi connectivity index (χ4n) is 2.48. The number of carbonyl (C=O) groups is 2. The summed E-state index contributed by atoms with van der Waals surface area (Å²) in [5, 5.41) is 12.6. The lowest BCUT2D eigenvalue weighted by Crippen LogP contribution is -2.47. The van der Waals surface area contributed by atoms with Gasteiger partial charge >= 0.3 is 12.0 Å². The Bertz CT molecular complexity index is 565. The van der Waals surface area contributed by atoms with Gasteiger partial charge < -0.3 is 15.3 Å². The van der Waals surface area contributed by atoms with E-state index in [0.29, 0.717) is 28.7 Å². The van der Waals surface area contributed by atoms with E-state index in [0.717, 1.165) is 0 Å². The van der Waals surface area contributed by atoms with Crippen LogP contribution < -0.4 is 5.32 Å². The van der Waals surface area contributed by atoms with Crippen molar-refractivity contribution in [1.29, 1.82) is 0 Å². The van der Waals surface area contributed by atoms with E-state index in [1.165, 1.54) is 11.0 Å². The summed E-state index contributed by atoms with van der Waals surface area (Å²) in [6.07, 6.45) is 0.584. The molecule has 0 saturated carbocycles. The Morgan fingerprint density at radius 3 is 2.67 bits per heavy atom. The summed E-state index contributed by atoms with van der Waals surface area (Å²) >= 11 is 11.8. The van der Waals surface area contributed by atoms with Crippen molar-refractivity contribution in [3.63, 3.8) is 0 Å². The molecule has 1 aromatic rings. The van der Waals surface area contributed by atoms with Crippen molar-refractivity contribution in [3.05, 3.63) is 28.2 Å². The second kappa shape index (κ2) is 6.54.